The molecule has 1 atom stereocenters. The topological polar surface area (TPSA) is 94.5 Å². The summed E-state index contributed by atoms with van der Waals surface area (Å²) in [6.07, 6.45) is 0. The van der Waals surface area contributed by atoms with Crippen molar-refractivity contribution in [1.82, 2.24) is 0 Å². The Balaban J connectivity index is 3.06. The van der Waals surface area contributed by atoms with E-state index in [-0.39, 0.29) is 11.1 Å². The molecule has 0 radical (unpaired) electrons. The maximum absolute atomic E-state index is 10.1. The van der Waals surface area contributed by atoms with Crippen LogP contribution in [0.15, 0.2) is 0 Å². The summed E-state index contributed by atoms with van der Waals surface area (Å²) >= 11 is 0.0937. The molecule has 9 heavy (non-hydrogen) atoms. The zero-order valence-corrected chi connectivity index (χ0v) is 5.39. The van der Waals surface area contributed by atoms with E-state index in [0.29, 0.717) is 0 Å². The van der Waals surface area contributed by atoms with Gasteiger partial charge in [0.05, 0.1) is 0 Å². The molecular weight excluding hydrogens is 176 g/mol. The highest BCUT2D eigenvalue weighted by Gasteiger charge is 2.02. The van der Waals surface area contributed by atoms with Gasteiger partial charge in [0.15, 0.2) is 11.1 Å². The van der Waals surface area contributed by atoms with Crippen molar-refractivity contribution in [1.29, 1.82) is 0 Å². The molecule has 2 N–H and O–H groups in total. The highest BCUT2D eigenvalue weighted by atomic mass is 33.1. The van der Waals surface area contributed by atoms with E-state index in [0.717, 1.165) is 0 Å². The summed E-state index contributed by atoms with van der Waals surface area (Å²) in [7, 11) is -2.08. The lowest BCUT2D eigenvalue weighted by Gasteiger charge is -1.91. The maximum atomic E-state index is 10.1. The molecule has 0 rings (SSSR count). The fourth-order valence-corrected chi connectivity index (χ4v) is 0.567. The summed E-state index contributed by atoms with van der Waals surface area (Å²) in [4.78, 5) is 0. The fourth-order valence-electron chi connectivity index (χ4n) is 0.0713. The minimum Gasteiger partial charge on any atom is -0.220 e. The average molecular weight is 178 g/mol. The monoisotopic (exact) mass is 178 g/mol. The second-order valence-electron chi connectivity index (χ2n) is 0.557. The number of hydrogen-bond acceptors (Lipinski definition) is 8. The minimum absolute atomic E-state index is 0.0937. The summed E-state index contributed by atoms with van der Waals surface area (Å²) in [6, 6.07) is 0. The predicted octanol–water partition coefficient (Wildman–Crippen LogP) is 0.0557. The van der Waals surface area contributed by atoms with Crippen LogP contribution in [0.3, 0.4) is 0 Å². The van der Waals surface area contributed by atoms with Crippen LogP contribution in [0.2, 0.25) is 0 Å². The van der Waals surface area contributed by atoms with Crippen molar-refractivity contribution in [2.45, 2.75) is 0 Å². The van der Waals surface area contributed by atoms with E-state index in [2.05, 4.69) is 18.7 Å². The van der Waals surface area contributed by atoms with Gasteiger partial charge in [-0.25, -0.2) is 14.7 Å². The first-order valence-corrected chi connectivity index (χ1v) is 3.70. The van der Waals surface area contributed by atoms with Crippen molar-refractivity contribution in [3.05, 3.63) is 0 Å². The molecule has 0 heterocycles. The Bertz CT molecular complexity index is 79.0. The van der Waals surface area contributed by atoms with Gasteiger partial charge >= 0.3 is 0 Å². The lowest BCUT2D eigenvalue weighted by molar-refractivity contribution is -0.437. The van der Waals surface area contributed by atoms with Crippen LogP contribution < -0.4 is 0 Å². The number of rotatable bonds is 5. The summed E-state index contributed by atoms with van der Waals surface area (Å²) in [6.45, 7) is 0. The van der Waals surface area contributed by atoms with Gasteiger partial charge in [0.25, 0.3) is 10.1 Å². The van der Waals surface area contributed by atoms with Crippen LogP contribution in [-0.2, 0) is 28.9 Å². The van der Waals surface area contributed by atoms with E-state index < -0.39 is 10.1 Å². The van der Waals surface area contributed by atoms with Crippen LogP contribution >= 0.6 is 11.1 Å². The highest BCUT2D eigenvalue weighted by Crippen LogP contribution is 2.09. The Morgan fingerprint density at radius 1 is 1.33 bits per heavy atom. The largest absolute Gasteiger partial charge is 0.282 e. The average Bonchev–Trinajstić information content (AvgIpc) is 1.85. The smallest absolute Gasteiger partial charge is 0.220 e. The van der Waals surface area contributed by atoms with Crippen molar-refractivity contribution < 1.29 is 33.5 Å². The fraction of sp³-hybridized carbons (Fsp3) is 0. The second kappa shape index (κ2) is 6.38. The molecule has 0 amide bonds. The van der Waals surface area contributed by atoms with Crippen LogP contribution in [0.25, 0.3) is 0 Å². The molecule has 56 valence electrons. The van der Waals surface area contributed by atoms with E-state index in [1.807, 2.05) is 0 Å². The lowest BCUT2D eigenvalue weighted by Crippen LogP contribution is -1.91. The van der Waals surface area contributed by atoms with Gasteiger partial charge in [-0.1, -0.05) is 14.4 Å². The standard InChI is InChI=1S/H2O7S2/c1-4-6-8-9(3)7-5-2/h1-2H. The van der Waals surface area contributed by atoms with E-state index in [9.17, 15) is 4.21 Å². The Kier molecular flexibility index (Phi) is 6.57. The van der Waals surface area contributed by atoms with Crippen molar-refractivity contribution in [3.63, 3.8) is 0 Å². The second-order valence-corrected chi connectivity index (χ2v) is 2.60. The van der Waals surface area contributed by atoms with Crippen molar-refractivity contribution in [2.24, 2.45) is 0 Å². The number of hydrogen-bond donors (Lipinski definition) is 2. The van der Waals surface area contributed by atoms with Crippen molar-refractivity contribution in [2.75, 3.05) is 0 Å². The zero-order chi connectivity index (χ0) is 7.11. The van der Waals surface area contributed by atoms with E-state index >= 15 is 0 Å². The zero-order valence-electron chi connectivity index (χ0n) is 3.75. The van der Waals surface area contributed by atoms with Gasteiger partial charge in [0, 0.05) is 0 Å². The molecule has 0 aromatic carbocycles. The summed E-state index contributed by atoms with van der Waals surface area (Å²) < 4.78 is 17.2. The Morgan fingerprint density at radius 3 is 2.44 bits per heavy atom. The van der Waals surface area contributed by atoms with Crippen molar-refractivity contribution in [3.8, 4) is 0 Å². The van der Waals surface area contributed by atoms with Gasteiger partial charge in [-0.05, 0) is 0 Å². The Hall–Kier alpha value is 0.260. The maximum Gasteiger partial charge on any atom is 0.282 e. The molecule has 0 aliphatic heterocycles. The van der Waals surface area contributed by atoms with Gasteiger partial charge < -0.3 is 0 Å². The molecule has 0 bridgehead atoms. The Morgan fingerprint density at radius 2 is 2.00 bits per heavy atom. The SMILES string of the molecule is O=S(OOO)SOOO. The van der Waals surface area contributed by atoms with Crippen LogP contribution in [0.1, 0.15) is 0 Å². The molecule has 0 fully saturated rings. The van der Waals surface area contributed by atoms with Gasteiger partial charge in [-0.15, -0.1) is 4.33 Å². The van der Waals surface area contributed by atoms with Crippen LogP contribution in [0.4, 0.5) is 0 Å². The van der Waals surface area contributed by atoms with Crippen LogP contribution in [0, 0.1) is 0 Å². The molecule has 0 saturated heterocycles. The quantitative estimate of drug-likeness (QED) is 0.264. The summed E-state index contributed by atoms with van der Waals surface area (Å²) in [5, 5.41) is 20.9. The van der Waals surface area contributed by atoms with E-state index in [1.54, 1.807) is 0 Å². The lowest BCUT2D eigenvalue weighted by atomic mass is 14.6. The molecule has 0 aliphatic rings. The first-order chi connectivity index (χ1) is 4.31. The third kappa shape index (κ3) is 6.14. The highest BCUT2D eigenvalue weighted by molar-refractivity contribution is 8.65. The van der Waals surface area contributed by atoms with Crippen LogP contribution in [0.5, 0.6) is 0 Å². The minimum atomic E-state index is -2.08. The molecule has 0 aromatic rings. The molecule has 0 saturated carbocycles. The van der Waals surface area contributed by atoms with E-state index in [1.165, 1.54) is 0 Å². The molecule has 1 unspecified atom stereocenters. The van der Waals surface area contributed by atoms with Gasteiger partial charge in [-0.3, -0.25) is 0 Å². The van der Waals surface area contributed by atoms with E-state index in [4.69, 9.17) is 10.5 Å². The summed E-state index contributed by atoms with van der Waals surface area (Å²) in [5.74, 6) is 0. The third-order valence-electron chi connectivity index (χ3n) is 0.200. The van der Waals surface area contributed by atoms with Gasteiger partial charge in [0.2, 0.25) is 0 Å². The van der Waals surface area contributed by atoms with Gasteiger partial charge in [-0.2, -0.15) is 0 Å². The first-order valence-electron chi connectivity index (χ1n) is 1.37. The predicted molar refractivity (Wildman–Crippen MR) is 25.3 cm³/mol. The third-order valence-corrected chi connectivity index (χ3v) is 1.27. The van der Waals surface area contributed by atoms with Crippen molar-refractivity contribution >= 4 is 21.2 Å². The molecular formula is H2O7S2. The van der Waals surface area contributed by atoms with Gasteiger partial charge in [0.1, 0.15) is 0 Å². The molecule has 0 aromatic heterocycles. The summed E-state index contributed by atoms with van der Waals surface area (Å²) in [5.41, 5.74) is 0. The molecule has 7 nitrogen and oxygen atoms in total. The van der Waals surface area contributed by atoms with Crippen LogP contribution in [-0.4, -0.2) is 14.7 Å². The normalized spacial score (nSPS) is 13.6. The molecule has 9 heteroatoms. The molecule has 0 aliphatic carbocycles. The Labute approximate surface area is 55.4 Å². The first kappa shape index (κ1) is 9.26. The molecule has 0 spiro atoms.